The molecule has 0 N–H and O–H groups in total. The molecular formula is C30H19ClN2O5. The number of rotatable bonds is 7. The molecule has 0 aliphatic carbocycles. The molecule has 0 saturated carbocycles. The van der Waals surface area contributed by atoms with E-state index < -0.39 is 22.8 Å². The van der Waals surface area contributed by atoms with E-state index in [1.807, 2.05) is 6.07 Å². The number of ether oxygens (including phenoxy) is 1. The fourth-order valence-electron chi connectivity index (χ4n) is 4.12. The number of nitrogens with zero attached hydrogens (tertiary/aromatic N) is 2. The van der Waals surface area contributed by atoms with Crippen molar-refractivity contribution in [3.05, 3.63) is 141 Å². The molecule has 1 aromatic heterocycles. The largest absolute Gasteiger partial charge is 0.445 e. The van der Waals surface area contributed by atoms with Crippen molar-refractivity contribution in [2.24, 2.45) is 0 Å². The second-order valence-corrected chi connectivity index (χ2v) is 8.82. The second-order valence-electron chi connectivity index (χ2n) is 8.42. The normalized spacial score (nSPS) is 11.6. The summed E-state index contributed by atoms with van der Waals surface area (Å²) in [7, 11) is 0. The number of pyridine rings is 1. The minimum absolute atomic E-state index is 0.143. The highest BCUT2D eigenvalue weighted by molar-refractivity contribution is 6.33. The first kappa shape index (κ1) is 24.8. The van der Waals surface area contributed by atoms with Gasteiger partial charge in [-0.15, -0.1) is 0 Å². The molecule has 1 atom stereocenters. The van der Waals surface area contributed by atoms with E-state index in [2.05, 4.69) is 4.98 Å². The summed E-state index contributed by atoms with van der Waals surface area (Å²) in [4.78, 5) is 42.4. The summed E-state index contributed by atoms with van der Waals surface area (Å²) in [6.45, 7) is 0. The van der Waals surface area contributed by atoms with Crippen molar-refractivity contribution in [3.63, 3.8) is 0 Å². The molecule has 38 heavy (non-hydrogen) atoms. The zero-order chi connectivity index (χ0) is 26.6. The first-order valence-corrected chi connectivity index (χ1v) is 12.0. The van der Waals surface area contributed by atoms with Gasteiger partial charge in [-0.05, 0) is 30.3 Å². The van der Waals surface area contributed by atoms with Gasteiger partial charge in [-0.3, -0.25) is 14.9 Å². The maximum atomic E-state index is 13.7. The lowest BCUT2D eigenvalue weighted by Crippen LogP contribution is -2.20. The molecule has 4 aromatic carbocycles. The summed E-state index contributed by atoms with van der Waals surface area (Å²) in [5.74, 6) is -1.21. The molecule has 0 amide bonds. The quantitative estimate of drug-likeness (QED) is 0.0966. The molecular weight excluding hydrogens is 504 g/mol. The molecule has 186 valence electrons. The molecule has 1 heterocycles. The number of nitro benzene ring substituents is 1. The Bertz CT molecular complexity index is 1670. The summed E-state index contributed by atoms with van der Waals surface area (Å²) in [5.41, 5.74) is 2.37. The zero-order valence-corrected chi connectivity index (χ0v) is 20.5. The number of aromatic nitrogens is 1. The molecule has 0 spiro atoms. The number of ketones is 1. The van der Waals surface area contributed by atoms with Gasteiger partial charge < -0.3 is 4.74 Å². The number of Topliss-reactive ketones (excluding diaryl/α,β-unsaturated/α-hetero) is 1. The van der Waals surface area contributed by atoms with E-state index >= 15 is 0 Å². The molecule has 0 saturated heterocycles. The topological polar surface area (TPSA) is 99.4 Å². The first-order valence-electron chi connectivity index (χ1n) is 11.6. The predicted molar refractivity (Wildman–Crippen MR) is 144 cm³/mol. The number of esters is 1. The van der Waals surface area contributed by atoms with Crippen molar-refractivity contribution >= 4 is 39.9 Å². The van der Waals surface area contributed by atoms with Crippen LogP contribution in [0.4, 0.5) is 5.69 Å². The smallest absolute Gasteiger partial charge is 0.339 e. The van der Waals surface area contributed by atoms with Crippen molar-refractivity contribution < 1.29 is 19.2 Å². The number of carbonyl (C=O) groups is 2. The minimum atomic E-state index is -1.33. The zero-order valence-electron chi connectivity index (χ0n) is 19.8. The van der Waals surface area contributed by atoms with Gasteiger partial charge in [0.15, 0.2) is 6.10 Å². The number of halogens is 1. The Labute approximate surface area is 222 Å². The average molecular weight is 523 g/mol. The molecule has 0 fully saturated rings. The van der Waals surface area contributed by atoms with E-state index in [1.165, 1.54) is 24.3 Å². The van der Waals surface area contributed by atoms with Crippen LogP contribution in [0.15, 0.2) is 109 Å². The van der Waals surface area contributed by atoms with Gasteiger partial charge >= 0.3 is 5.97 Å². The van der Waals surface area contributed by atoms with E-state index in [4.69, 9.17) is 16.3 Å². The van der Waals surface area contributed by atoms with Crippen molar-refractivity contribution in [3.8, 4) is 11.3 Å². The van der Waals surface area contributed by atoms with Crippen LogP contribution in [0.2, 0.25) is 5.02 Å². The van der Waals surface area contributed by atoms with Crippen molar-refractivity contribution in [1.82, 2.24) is 4.98 Å². The molecule has 0 bridgehead atoms. The summed E-state index contributed by atoms with van der Waals surface area (Å²) in [6, 6.07) is 29.6. The van der Waals surface area contributed by atoms with Crippen molar-refractivity contribution in [1.29, 1.82) is 0 Å². The number of hydrogen-bond acceptors (Lipinski definition) is 6. The first-order chi connectivity index (χ1) is 18.4. The van der Waals surface area contributed by atoms with Crippen LogP contribution in [-0.2, 0) is 4.74 Å². The number of fused-ring (bicyclic) bond motifs is 1. The van der Waals surface area contributed by atoms with Gasteiger partial charge in [-0.1, -0.05) is 78.3 Å². The van der Waals surface area contributed by atoms with Crippen LogP contribution in [0.3, 0.4) is 0 Å². The number of para-hydroxylation sites is 1. The molecule has 5 rings (SSSR count). The number of non-ortho nitro benzene ring substituents is 1. The van der Waals surface area contributed by atoms with Gasteiger partial charge in [0.05, 0.1) is 21.7 Å². The van der Waals surface area contributed by atoms with Gasteiger partial charge in [0.25, 0.3) is 5.69 Å². The molecule has 8 heteroatoms. The Morgan fingerprint density at radius 2 is 1.50 bits per heavy atom. The van der Waals surface area contributed by atoms with E-state index in [1.54, 1.807) is 78.9 Å². The van der Waals surface area contributed by atoms with E-state index in [0.717, 1.165) is 0 Å². The van der Waals surface area contributed by atoms with Crippen molar-refractivity contribution in [2.75, 3.05) is 0 Å². The van der Waals surface area contributed by atoms with Crippen LogP contribution in [0, 0.1) is 10.1 Å². The number of benzene rings is 4. The van der Waals surface area contributed by atoms with Crippen LogP contribution in [0.1, 0.15) is 32.4 Å². The lowest BCUT2D eigenvalue weighted by molar-refractivity contribution is -0.384. The minimum Gasteiger partial charge on any atom is -0.445 e. The standard InChI is InChI=1S/C30H19ClN2O5/c31-25-12-6-4-11-23(25)27-18-24(22-10-5-7-13-26(22)32-27)30(35)38-29(28(34)19-8-2-1-3-9-19)20-14-16-21(17-15-20)33(36)37/h1-18,29H/t29-/m1/s1. The molecule has 7 nitrogen and oxygen atoms in total. The number of nitro groups is 1. The third-order valence-corrected chi connectivity index (χ3v) is 6.34. The van der Waals surface area contributed by atoms with E-state index in [-0.39, 0.29) is 11.3 Å². The van der Waals surface area contributed by atoms with E-state index in [0.29, 0.717) is 38.3 Å². The lowest BCUT2D eigenvalue weighted by atomic mass is 9.99. The van der Waals surface area contributed by atoms with Crippen LogP contribution in [-0.4, -0.2) is 21.7 Å². The molecule has 0 radical (unpaired) electrons. The monoisotopic (exact) mass is 522 g/mol. The van der Waals surface area contributed by atoms with Crippen LogP contribution in [0.25, 0.3) is 22.2 Å². The van der Waals surface area contributed by atoms with Gasteiger partial charge in [0.2, 0.25) is 5.78 Å². The number of carbonyl (C=O) groups excluding carboxylic acids is 2. The summed E-state index contributed by atoms with van der Waals surface area (Å²) in [5, 5.41) is 12.1. The lowest BCUT2D eigenvalue weighted by Gasteiger charge is -2.18. The Balaban J connectivity index is 1.59. The van der Waals surface area contributed by atoms with E-state index in [9.17, 15) is 19.7 Å². The summed E-state index contributed by atoms with van der Waals surface area (Å²) in [6.07, 6.45) is -1.33. The third-order valence-electron chi connectivity index (χ3n) is 6.01. The predicted octanol–water partition coefficient (Wildman–Crippen LogP) is 7.24. The van der Waals surface area contributed by atoms with Crippen LogP contribution < -0.4 is 0 Å². The van der Waals surface area contributed by atoms with Crippen molar-refractivity contribution in [2.45, 2.75) is 6.10 Å². The molecule has 0 aliphatic heterocycles. The SMILES string of the molecule is O=C(O[C@@H](C(=O)c1ccccc1)c1ccc([N+](=O)[O-])cc1)c1cc(-c2ccccc2Cl)nc2ccccc12. The van der Waals surface area contributed by atoms with Gasteiger partial charge in [0, 0.05) is 39.2 Å². The maximum absolute atomic E-state index is 13.7. The highest BCUT2D eigenvalue weighted by atomic mass is 35.5. The van der Waals surface area contributed by atoms with Crippen LogP contribution >= 0.6 is 11.6 Å². The molecule has 0 unspecified atom stereocenters. The molecule has 5 aromatic rings. The summed E-state index contributed by atoms with van der Waals surface area (Å²) < 4.78 is 5.85. The Kier molecular flexibility index (Phi) is 6.93. The maximum Gasteiger partial charge on any atom is 0.339 e. The van der Waals surface area contributed by atoms with Crippen LogP contribution in [0.5, 0.6) is 0 Å². The third kappa shape index (κ3) is 5.00. The van der Waals surface area contributed by atoms with Gasteiger partial charge in [0.1, 0.15) is 0 Å². The highest BCUT2D eigenvalue weighted by Crippen LogP contribution is 2.32. The highest BCUT2D eigenvalue weighted by Gasteiger charge is 2.28. The average Bonchev–Trinajstić information content (AvgIpc) is 2.95. The Hall–Kier alpha value is -4.88. The Morgan fingerprint density at radius 1 is 0.842 bits per heavy atom. The van der Waals surface area contributed by atoms with Gasteiger partial charge in [-0.25, -0.2) is 9.78 Å². The fraction of sp³-hybridized carbons (Fsp3) is 0.0333. The number of hydrogen-bond donors (Lipinski definition) is 0. The molecule has 0 aliphatic rings. The summed E-state index contributed by atoms with van der Waals surface area (Å²) >= 11 is 6.40. The Morgan fingerprint density at radius 3 is 2.21 bits per heavy atom. The second kappa shape index (κ2) is 10.6. The fourth-order valence-corrected chi connectivity index (χ4v) is 4.35. The van der Waals surface area contributed by atoms with Gasteiger partial charge in [-0.2, -0.15) is 0 Å².